The zero-order valence-electron chi connectivity index (χ0n) is 19.3. The Balaban J connectivity index is 2.09. The highest BCUT2D eigenvalue weighted by Gasteiger charge is 2.38. The van der Waals surface area contributed by atoms with Crippen LogP contribution in [0.3, 0.4) is 0 Å². The van der Waals surface area contributed by atoms with Crippen LogP contribution in [-0.2, 0) is 20.6 Å². The topological polar surface area (TPSA) is 88.2 Å². The van der Waals surface area contributed by atoms with Gasteiger partial charge in [0.15, 0.2) is 9.84 Å². The van der Waals surface area contributed by atoms with Crippen LogP contribution >= 0.6 is 18.7 Å². The Labute approximate surface area is 207 Å². The lowest BCUT2D eigenvalue weighted by molar-refractivity contribution is -0.136. The largest absolute Gasteiger partial charge is 0.421 e. The van der Waals surface area contributed by atoms with E-state index in [1.54, 1.807) is 13.3 Å². The van der Waals surface area contributed by atoms with E-state index < -0.39 is 39.8 Å². The summed E-state index contributed by atoms with van der Waals surface area (Å²) in [5, 5.41) is 5.02. The van der Waals surface area contributed by atoms with Gasteiger partial charge in [0.05, 0.1) is 32.2 Å². The van der Waals surface area contributed by atoms with E-state index in [1.165, 1.54) is 56.3 Å². The molecule has 3 rings (SSSR count). The molecule has 0 radical (unpaired) electrons. The van der Waals surface area contributed by atoms with Gasteiger partial charge in [0.25, 0.3) is 0 Å². The molecule has 0 unspecified atom stereocenters. The van der Waals surface area contributed by atoms with Crippen molar-refractivity contribution in [2.45, 2.75) is 30.2 Å². The highest BCUT2D eigenvalue weighted by Crippen LogP contribution is 2.43. The monoisotopic (exact) mass is 545 g/mol. The Morgan fingerprint density at radius 2 is 1.63 bits per heavy atom. The number of pyridine rings is 1. The van der Waals surface area contributed by atoms with Crippen LogP contribution in [-0.4, -0.2) is 32.0 Å². The molecule has 0 atom stereocenters. The number of alkyl halides is 3. The first kappa shape index (κ1) is 27.0. The van der Waals surface area contributed by atoms with Gasteiger partial charge in [-0.3, -0.25) is 0 Å². The second-order valence-corrected chi connectivity index (χ2v) is 14.5. The number of sulfone groups is 1. The molecular formula is C23H24ClF3N3O3PS. The molecule has 3 aromatic rings. The van der Waals surface area contributed by atoms with Gasteiger partial charge in [-0.05, 0) is 63.6 Å². The normalized spacial score (nSPS) is 12.6. The third kappa shape index (κ3) is 6.00. The lowest BCUT2D eigenvalue weighted by Gasteiger charge is -2.20. The van der Waals surface area contributed by atoms with Crippen LogP contribution in [0.1, 0.15) is 19.4 Å². The highest BCUT2D eigenvalue weighted by molar-refractivity contribution is 7.92. The Morgan fingerprint density at radius 3 is 2.20 bits per heavy atom. The molecule has 1 heterocycles. The molecule has 0 bridgehead atoms. The van der Waals surface area contributed by atoms with Crippen LogP contribution in [0.5, 0.6) is 0 Å². The molecule has 0 aliphatic heterocycles. The summed E-state index contributed by atoms with van der Waals surface area (Å²) in [5.41, 5.74) is -1.37. The Hall–Kier alpha value is -2.55. The van der Waals surface area contributed by atoms with Crippen LogP contribution in [0.15, 0.2) is 59.6 Å². The third-order valence-electron chi connectivity index (χ3n) is 5.15. The SMILES string of the molecule is CC(C)S(=O)(=O)c1ccccc1Nc1ccnc(Nc2ccc(P(C)(C)=O)cc2Cl)c1C(F)(F)F. The molecule has 6 nitrogen and oxygen atoms in total. The fourth-order valence-corrected chi connectivity index (χ4v) is 5.61. The third-order valence-corrected chi connectivity index (χ3v) is 9.19. The average molecular weight is 546 g/mol. The molecule has 0 aliphatic carbocycles. The smallest absolute Gasteiger partial charge is 0.354 e. The lowest BCUT2D eigenvalue weighted by Crippen LogP contribution is -2.17. The molecule has 35 heavy (non-hydrogen) atoms. The summed E-state index contributed by atoms with van der Waals surface area (Å²) in [6.45, 7) is 6.10. The first-order valence-electron chi connectivity index (χ1n) is 10.4. The van der Waals surface area contributed by atoms with Crippen molar-refractivity contribution in [3.05, 3.63) is 65.3 Å². The van der Waals surface area contributed by atoms with E-state index in [0.29, 0.717) is 5.30 Å². The summed E-state index contributed by atoms with van der Waals surface area (Å²) in [6, 6.07) is 11.3. The number of benzene rings is 2. The van der Waals surface area contributed by atoms with Crippen LogP contribution in [0.25, 0.3) is 0 Å². The standard InChI is InChI=1S/C23H24ClF3N3O3PS/c1-14(2)35(32,33)20-8-6-5-7-18(20)29-19-11-12-28-22(21(19)23(25,26)27)30-17-10-9-15(13-16(17)24)34(3,4)31/h5-14H,1-4H3,(H2,28,29,30). The average Bonchev–Trinajstić information content (AvgIpc) is 2.74. The highest BCUT2D eigenvalue weighted by atomic mass is 35.5. The van der Waals surface area contributed by atoms with Crippen molar-refractivity contribution in [1.82, 2.24) is 4.98 Å². The fraction of sp³-hybridized carbons (Fsp3) is 0.261. The maximum Gasteiger partial charge on any atom is 0.421 e. The van der Waals surface area contributed by atoms with E-state index in [0.717, 1.165) is 12.3 Å². The van der Waals surface area contributed by atoms with E-state index in [9.17, 15) is 26.2 Å². The maximum absolute atomic E-state index is 14.2. The van der Waals surface area contributed by atoms with Crippen LogP contribution in [0.4, 0.5) is 36.1 Å². The van der Waals surface area contributed by atoms with Crippen molar-refractivity contribution in [3.8, 4) is 0 Å². The van der Waals surface area contributed by atoms with Gasteiger partial charge in [-0.1, -0.05) is 23.7 Å². The molecule has 12 heteroatoms. The number of hydrogen-bond acceptors (Lipinski definition) is 6. The van der Waals surface area contributed by atoms with Crippen LogP contribution < -0.4 is 15.9 Å². The van der Waals surface area contributed by atoms with Crippen molar-refractivity contribution in [3.63, 3.8) is 0 Å². The van der Waals surface area contributed by atoms with E-state index in [2.05, 4.69) is 15.6 Å². The number of halogens is 4. The zero-order valence-corrected chi connectivity index (χ0v) is 21.8. The zero-order chi connectivity index (χ0) is 26.2. The van der Waals surface area contributed by atoms with Gasteiger partial charge in [-0.2, -0.15) is 13.2 Å². The van der Waals surface area contributed by atoms with Crippen molar-refractivity contribution < 1.29 is 26.2 Å². The molecule has 1 aromatic heterocycles. The Morgan fingerprint density at radius 1 is 0.971 bits per heavy atom. The predicted molar refractivity (Wildman–Crippen MR) is 135 cm³/mol. The molecule has 0 amide bonds. The summed E-state index contributed by atoms with van der Waals surface area (Å²) in [7, 11) is -6.39. The number of rotatable bonds is 7. The van der Waals surface area contributed by atoms with Crippen molar-refractivity contribution in [2.24, 2.45) is 0 Å². The molecule has 0 spiro atoms. The molecule has 0 aliphatic rings. The quantitative estimate of drug-likeness (QED) is 0.322. The second kappa shape index (κ2) is 9.84. The number of aromatic nitrogens is 1. The molecule has 0 saturated carbocycles. The van der Waals surface area contributed by atoms with Gasteiger partial charge in [0, 0.05) is 11.5 Å². The molecule has 0 saturated heterocycles. The van der Waals surface area contributed by atoms with E-state index in [1.807, 2.05) is 0 Å². The number of anilines is 4. The maximum atomic E-state index is 14.2. The van der Waals surface area contributed by atoms with E-state index >= 15 is 0 Å². The number of nitrogens with zero attached hydrogens (tertiary/aromatic N) is 1. The minimum Gasteiger partial charge on any atom is -0.354 e. The Bertz CT molecular complexity index is 1410. The second-order valence-electron chi connectivity index (χ2n) is 8.43. The minimum atomic E-state index is -4.85. The number of nitrogens with one attached hydrogen (secondary N) is 2. The van der Waals surface area contributed by atoms with E-state index in [4.69, 9.17) is 11.6 Å². The van der Waals surface area contributed by atoms with Crippen LogP contribution in [0, 0.1) is 0 Å². The van der Waals surface area contributed by atoms with Gasteiger partial charge < -0.3 is 15.2 Å². The minimum absolute atomic E-state index is 0.00730. The number of para-hydroxylation sites is 1. The lowest BCUT2D eigenvalue weighted by atomic mass is 10.1. The van der Waals surface area contributed by atoms with Crippen molar-refractivity contribution >= 4 is 56.8 Å². The van der Waals surface area contributed by atoms with Gasteiger partial charge in [-0.25, -0.2) is 13.4 Å². The summed E-state index contributed by atoms with van der Waals surface area (Å²) in [4.78, 5) is 3.74. The van der Waals surface area contributed by atoms with Gasteiger partial charge >= 0.3 is 6.18 Å². The molecule has 0 fully saturated rings. The number of hydrogen-bond donors (Lipinski definition) is 2. The predicted octanol–water partition coefficient (Wildman–Crippen LogP) is 6.67. The molecule has 2 aromatic carbocycles. The van der Waals surface area contributed by atoms with Gasteiger partial charge in [0.1, 0.15) is 18.5 Å². The first-order chi connectivity index (χ1) is 16.1. The Kier molecular flexibility index (Phi) is 7.60. The molecular weight excluding hydrogens is 522 g/mol. The first-order valence-corrected chi connectivity index (χ1v) is 14.9. The molecule has 2 N–H and O–H groups in total. The van der Waals surface area contributed by atoms with Crippen LogP contribution in [0.2, 0.25) is 5.02 Å². The van der Waals surface area contributed by atoms with Gasteiger partial charge in [0.2, 0.25) is 0 Å². The summed E-state index contributed by atoms with van der Waals surface area (Å²) >= 11 is 6.25. The van der Waals surface area contributed by atoms with Gasteiger partial charge in [-0.15, -0.1) is 0 Å². The van der Waals surface area contributed by atoms with Crippen molar-refractivity contribution in [2.75, 3.05) is 24.0 Å². The summed E-state index contributed by atoms with van der Waals surface area (Å²) < 4.78 is 80.4. The van der Waals surface area contributed by atoms with Crippen molar-refractivity contribution in [1.29, 1.82) is 0 Å². The van der Waals surface area contributed by atoms with E-state index in [-0.39, 0.29) is 27.0 Å². The summed E-state index contributed by atoms with van der Waals surface area (Å²) in [6.07, 6.45) is -3.69. The summed E-state index contributed by atoms with van der Waals surface area (Å²) in [5.74, 6) is -0.530. The fourth-order valence-electron chi connectivity index (χ4n) is 3.23. The molecule has 188 valence electrons.